The van der Waals surface area contributed by atoms with E-state index < -0.39 is 18.0 Å². The third kappa shape index (κ3) is 8.25. The van der Waals surface area contributed by atoms with Crippen LogP contribution >= 0.6 is 0 Å². The standard InChI is InChI=1S/C15H17FN4O2.C4H4O4/c1-2-20(15(21)22)12-7-8-13(19-14(12)17)18-9-10-3-5-11(16)6-4-10;5-3(6)1-2-4(7)8/h3-8H,2,9H2,1H3,(H,21,22)(H3,17,18,19);1-2H,(H,5,6)(H,7,8)/p-3/b;2-1-. The summed E-state index contributed by atoms with van der Waals surface area (Å²) < 4.78 is 12.8. The summed E-state index contributed by atoms with van der Waals surface area (Å²) in [7, 11) is 0. The molecule has 1 amide bonds. The Morgan fingerprint density at radius 3 is 2.07 bits per heavy atom. The number of benzene rings is 1. The minimum Gasteiger partial charge on any atom is -0.545 e. The lowest BCUT2D eigenvalue weighted by Gasteiger charge is -2.24. The number of nitrogens with two attached hydrogens (primary N) is 1. The SMILES string of the molecule is CCN(C(=O)[O-])c1ccc(NCc2ccc(F)cc2)nc1N.O=C([O-])/C=C\C(=O)[O-]. The van der Waals surface area contributed by atoms with E-state index in [2.05, 4.69) is 10.3 Å². The molecule has 0 unspecified atom stereocenters. The number of nitrogens with one attached hydrogen (secondary N) is 1. The van der Waals surface area contributed by atoms with Crippen molar-refractivity contribution in [1.29, 1.82) is 0 Å². The van der Waals surface area contributed by atoms with Crippen molar-refractivity contribution in [1.82, 2.24) is 4.98 Å². The molecule has 0 fully saturated rings. The smallest absolute Gasteiger partial charge is 0.149 e. The van der Waals surface area contributed by atoms with Crippen LogP contribution in [0.2, 0.25) is 0 Å². The van der Waals surface area contributed by atoms with Crippen molar-refractivity contribution in [2.45, 2.75) is 13.5 Å². The highest BCUT2D eigenvalue weighted by atomic mass is 19.1. The number of carbonyl (C=O) groups excluding carboxylic acids is 3. The van der Waals surface area contributed by atoms with Gasteiger partial charge in [0.15, 0.2) is 0 Å². The van der Waals surface area contributed by atoms with Crippen LogP contribution in [-0.4, -0.2) is 29.6 Å². The quantitative estimate of drug-likeness (QED) is 0.515. The number of aliphatic carboxylic acids is 2. The molecule has 1 heterocycles. The zero-order chi connectivity index (χ0) is 22.7. The van der Waals surface area contributed by atoms with Crippen LogP contribution in [0.3, 0.4) is 0 Å². The zero-order valence-corrected chi connectivity index (χ0v) is 15.8. The molecule has 2 rings (SSSR count). The summed E-state index contributed by atoms with van der Waals surface area (Å²) >= 11 is 0. The number of nitrogen functional groups attached to an aromatic ring is 1. The van der Waals surface area contributed by atoms with Gasteiger partial charge >= 0.3 is 0 Å². The number of nitrogens with zero attached hydrogens (tertiary/aromatic N) is 2. The Kier molecular flexibility index (Phi) is 9.27. The van der Waals surface area contributed by atoms with Gasteiger partial charge in [0.25, 0.3) is 0 Å². The molecule has 0 atom stereocenters. The van der Waals surface area contributed by atoms with Gasteiger partial charge in [0.05, 0.1) is 17.6 Å². The molecule has 10 nitrogen and oxygen atoms in total. The molecule has 0 aliphatic carbocycles. The van der Waals surface area contributed by atoms with E-state index >= 15 is 0 Å². The van der Waals surface area contributed by atoms with E-state index in [1.165, 1.54) is 12.1 Å². The Hall–Kier alpha value is -4.15. The minimum absolute atomic E-state index is 0.0927. The molecular weight excluding hydrogens is 399 g/mol. The Balaban J connectivity index is 0.000000479. The maximum absolute atomic E-state index is 12.8. The highest BCUT2D eigenvalue weighted by Crippen LogP contribution is 2.23. The van der Waals surface area contributed by atoms with E-state index in [-0.39, 0.29) is 23.9 Å². The number of aromatic nitrogens is 1. The highest BCUT2D eigenvalue weighted by molar-refractivity contribution is 5.88. The fraction of sp³-hybridized carbons (Fsp3) is 0.158. The minimum atomic E-state index is -1.55. The maximum atomic E-state index is 12.8. The fourth-order valence-electron chi connectivity index (χ4n) is 2.12. The summed E-state index contributed by atoms with van der Waals surface area (Å²) in [5.74, 6) is -2.80. The van der Waals surface area contributed by atoms with Crippen LogP contribution in [0.1, 0.15) is 12.5 Å². The molecule has 0 saturated carbocycles. The van der Waals surface area contributed by atoms with Crippen molar-refractivity contribution in [3.05, 3.63) is 59.9 Å². The Morgan fingerprint density at radius 2 is 1.63 bits per heavy atom. The zero-order valence-electron chi connectivity index (χ0n) is 15.8. The average molecular weight is 417 g/mol. The first kappa shape index (κ1) is 23.9. The number of amides is 1. The molecule has 2 aromatic rings. The third-order valence-corrected chi connectivity index (χ3v) is 3.47. The van der Waals surface area contributed by atoms with Gasteiger partial charge in [-0.05, 0) is 48.9 Å². The lowest BCUT2D eigenvalue weighted by atomic mass is 10.2. The van der Waals surface area contributed by atoms with Crippen molar-refractivity contribution in [2.24, 2.45) is 0 Å². The van der Waals surface area contributed by atoms with Crippen molar-refractivity contribution >= 4 is 35.4 Å². The van der Waals surface area contributed by atoms with Crippen molar-refractivity contribution in [3.8, 4) is 0 Å². The van der Waals surface area contributed by atoms with Crippen molar-refractivity contribution in [2.75, 3.05) is 22.5 Å². The van der Waals surface area contributed by atoms with Crippen molar-refractivity contribution in [3.63, 3.8) is 0 Å². The van der Waals surface area contributed by atoms with Crippen LogP contribution in [-0.2, 0) is 16.1 Å². The molecule has 1 aromatic carbocycles. The molecule has 0 radical (unpaired) electrons. The van der Waals surface area contributed by atoms with Gasteiger partial charge in [-0.25, -0.2) is 9.37 Å². The van der Waals surface area contributed by atoms with Crippen LogP contribution in [0, 0.1) is 5.82 Å². The summed E-state index contributed by atoms with van der Waals surface area (Å²) in [6.07, 6.45) is -0.562. The third-order valence-electron chi connectivity index (χ3n) is 3.47. The van der Waals surface area contributed by atoms with Crippen LogP contribution < -0.4 is 31.3 Å². The second-order valence-electron chi connectivity index (χ2n) is 5.56. The van der Waals surface area contributed by atoms with Gasteiger partial charge in [-0.15, -0.1) is 0 Å². The Bertz CT molecular complexity index is 902. The lowest BCUT2D eigenvalue weighted by Crippen LogP contribution is -2.41. The lowest BCUT2D eigenvalue weighted by molar-refractivity contribution is -0.301. The summed E-state index contributed by atoms with van der Waals surface area (Å²) in [6, 6.07) is 9.27. The number of carboxylic acid groups (broad SMARTS) is 3. The maximum Gasteiger partial charge on any atom is 0.149 e. The van der Waals surface area contributed by atoms with E-state index in [4.69, 9.17) is 5.73 Å². The number of hydrogen-bond donors (Lipinski definition) is 2. The van der Waals surface area contributed by atoms with Crippen LogP contribution in [0.4, 0.5) is 26.5 Å². The summed E-state index contributed by atoms with van der Waals surface area (Å²) in [5.41, 5.74) is 6.96. The monoisotopic (exact) mass is 417 g/mol. The fourth-order valence-corrected chi connectivity index (χ4v) is 2.12. The first-order chi connectivity index (χ1) is 14.1. The molecule has 0 saturated heterocycles. The molecule has 30 heavy (non-hydrogen) atoms. The summed E-state index contributed by atoms with van der Waals surface area (Å²) in [5, 5.41) is 32.9. The highest BCUT2D eigenvalue weighted by Gasteiger charge is 2.10. The van der Waals surface area contributed by atoms with Gasteiger partial charge in [-0.2, -0.15) is 0 Å². The molecule has 3 N–H and O–H groups in total. The van der Waals surface area contributed by atoms with E-state index in [9.17, 15) is 34.1 Å². The second-order valence-corrected chi connectivity index (χ2v) is 5.56. The van der Waals surface area contributed by atoms with E-state index in [0.29, 0.717) is 24.5 Å². The molecule has 160 valence electrons. The second kappa shape index (κ2) is 11.6. The van der Waals surface area contributed by atoms with Gasteiger partial charge in [0.2, 0.25) is 0 Å². The van der Waals surface area contributed by atoms with Gasteiger partial charge in [-0.1, -0.05) is 12.1 Å². The van der Waals surface area contributed by atoms with Crippen LogP contribution in [0.15, 0.2) is 48.6 Å². The van der Waals surface area contributed by atoms with Gasteiger partial charge in [-0.3, -0.25) is 0 Å². The predicted octanol–water partition coefficient (Wildman–Crippen LogP) is -1.37. The molecule has 0 aliphatic heterocycles. The van der Waals surface area contributed by atoms with Gasteiger partial charge in [0.1, 0.15) is 23.5 Å². The number of hydrogen-bond acceptors (Lipinski definition) is 9. The largest absolute Gasteiger partial charge is 0.545 e. The molecule has 0 aliphatic rings. The van der Waals surface area contributed by atoms with Gasteiger partial charge < -0.3 is 45.7 Å². The van der Waals surface area contributed by atoms with E-state index in [1.54, 1.807) is 31.2 Å². The molecule has 0 spiro atoms. The molecule has 11 heteroatoms. The van der Waals surface area contributed by atoms with E-state index in [1.807, 2.05) is 0 Å². The van der Waals surface area contributed by atoms with Crippen LogP contribution in [0.5, 0.6) is 0 Å². The van der Waals surface area contributed by atoms with Gasteiger partial charge in [0, 0.05) is 13.1 Å². The Morgan fingerprint density at radius 1 is 1.07 bits per heavy atom. The number of rotatable bonds is 7. The predicted molar refractivity (Wildman–Crippen MR) is 99.9 cm³/mol. The molecule has 1 aromatic heterocycles. The number of carbonyl (C=O) groups is 3. The van der Waals surface area contributed by atoms with E-state index in [0.717, 1.165) is 10.5 Å². The number of anilines is 3. The topological polar surface area (TPSA) is 175 Å². The first-order valence-electron chi connectivity index (χ1n) is 8.47. The number of carboxylic acids is 2. The van der Waals surface area contributed by atoms with Crippen molar-refractivity contribution < 1.29 is 34.1 Å². The summed E-state index contributed by atoms with van der Waals surface area (Å²) in [4.78, 5) is 34.9. The summed E-state index contributed by atoms with van der Waals surface area (Å²) in [6.45, 7) is 2.34. The van der Waals surface area contributed by atoms with Crippen LogP contribution in [0.25, 0.3) is 0 Å². The normalized spacial score (nSPS) is 10.1. The molecular formula is C19H18FN4O6-3. The molecule has 0 bridgehead atoms. The average Bonchev–Trinajstić information content (AvgIpc) is 2.68. The first-order valence-corrected chi connectivity index (χ1v) is 8.47. The number of halogens is 1. The Labute approximate surface area is 171 Å². The number of pyridine rings is 1.